The van der Waals surface area contributed by atoms with Crippen LogP contribution in [0.1, 0.15) is 25.8 Å². The van der Waals surface area contributed by atoms with Gasteiger partial charge in [0, 0.05) is 21.5 Å². The van der Waals surface area contributed by atoms with Gasteiger partial charge < -0.3 is 15.3 Å². The van der Waals surface area contributed by atoms with Crippen LogP contribution in [-0.4, -0.2) is 34.6 Å². The van der Waals surface area contributed by atoms with Crippen LogP contribution in [0.25, 0.3) is 0 Å². The fourth-order valence-corrected chi connectivity index (χ4v) is 3.63. The largest absolute Gasteiger partial charge is 0.481 e. The van der Waals surface area contributed by atoms with Gasteiger partial charge in [0.2, 0.25) is 0 Å². The maximum absolute atomic E-state index is 12.3. The SMILES string of the molecule is CCN(C(=O)Nc1c(Br)cc(C)cc1Br)C(C)CC(=O)O. The molecule has 1 aromatic rings. The molecule has 0 aliphatic carbocycles. The molecule has 0 aliphatic heterocycles. The topological polar surface area (TPSA) is 69.6 Å². The van der Waals surface area contributed by atoms with E-state index in [1.54, 1.807) is 6.92 Å². The lowest BCUT2D eigenvalue weighted by atomic mass is 10.2. The number of aliphatic carboxylic acids is 1. The Balaban J connectivity index is 2.91. The van der Waals surface area contributed by atoms with E-state index in [-0.39, 0.29) is 18.5 Å². The van der Waals surface area contributed by atoms with Crippen molar-refractivity contribution in [3.8, 4) is 0 Å². The molecule has 0 heterocycles. The molecule has 0 saturated carbocycles. The van der Waals surface area contributed by atoms with E-state index in [0.29, 0.717) is 12.2 Å². The molecule has 0 aliphatic rings. The number of anilines is 1. The van der Waals surface area contributed by atoms with Crippen molar-refractivity contribution < 1.29 is 14.7 Å². The van der Waals surface area contributed by atoms with Crippen LogP contribution in [0.5, 0.6) is 0 Å². The zero-order chi connectivity index (χ0) is 16.2. The van der Waals surface area contributed by atoms with E-state index in [1.165, 1.54) is 4.90 Å². The third-order valence-corrected chi connectivity index (χ3v) is 4.27. The molecule has 0 radical (unpaired) electrons. The smallest absolute Gasteiger partial charge is 0.322 e. The first-order chi connectivity index (χ1) is 9.76. The minimum Gasteiger partial charge on any atom is -0.481 e. The van der Waals surface area contributed by atoms with Crippen molar-refractivity contribution in [3.05, 3.63) is 26.6 Å². The molecule has 2 N–H and O–H groups in total. The van der Waals surface area contributed by atoms with Gasteiger partial charge in [-0.05, 0) is 70.3 Å². The molecule has 1 aromatic carbocycles. The van der Waals surface area contributed by atoms with Crippen LogP contribution in [0.3, 0.4) is 0 Å². The van der Waals surface area contributed by atoms with Crippen molar-refractivity contribution in [2.45, 2.75) is 33.2 Å². The summed E-state index contributed by atoms with van der Waals surface area (Å²) in [5.41, 5.74) is 1.69. The molecule has 1 unspecified atom stereocenters. The van der Waals surface area contributed by atoms with Gasteiger partial charge in [-0.2, -0.15) is 0 Å². The number of carboxylic acids is 1. The van der Waals surface area contributed by atoms with Gasteiger partial charge in [0.05, 0.1) is 12.1 Å². The number of carboxylic acid groups (broad SMARTS) is 1. The average molecular weight is 422 g/mol. The van der Waals surface area contributed by atoms with Crippen LogP contribution in [0, 0.1) is 6.92 Å². The quantitative estimate of drug-likeness (QED) is 0.746. The number of nitrogens with one attached hydrogen (secondary N) is 1. The number of benzene rings is 1. The lowest BCUT2D eigenvalue weighted by molar-refractivity contribution is -0.137. The van der Waals surface area contributed by atoms with E-state index in [2.05, 4.69) is 37.2 Å². The van der Waals surface area contributed by atoms with E-state index < -0.39 is 5.97 Å². The van der Waals surface area contributed by atoms with Gasteiger partial charge in [0.15, 0.2) is 0 Å². The fourth-order valence-electron chi connectivity index (χ4n) is 2.02. The highest BCUT2D eigenvalue weighted by Crippen LogP contribution is 2.32. The summed E-state index contributed by atoms with van der Waals surface area (Å²) in [5, 5.41) is 11.7. The Hall–Kier alpha value is -1.08. The van der Waals surface area contributed by atoms with Crippen LogP contribution in [0.2, 0.25) is 0 Å². The highest BCUT2D eigenvalue weighted by atomic mass is 79.9. The number of carbonyl (C=O) groups is 2. The molecule has 0 aromatic heterocycles. The highest BCUT2D eigenvalue weighted by molar-refractivity contribution is 9.11. The summed E-state index contributed by atoms with van der Waals surface area (Å²) in [6.45, 7) is 5.92. The summed E-state index contributed by atoms with van der Waals surface area (Å²) < 4.78 is 1.54. The number of urea groups is 1. The fraction of sp³-hybridized carbons (Fsp3) is 0.429. The van der Waals surface area contributed by atoms with Gasteiger partial charge in [0.1, 0.15) is 0 Å². The third-order valence-electron chi connectivity index (χ3n) is 3.02. The lowest BCUT2D eigenvalue weighted by Gasteiger charge is -2.27. The number of rotatable bonds is 5. The van der Waals surface area contributed by atoms with Crippen molar-refractivity contribution >= 4 is 49.5 Å². The number of amides is 2. The van der Waals surface area contributed by atoms with Crippen molar-refractivity contribution in [1.82, 2.24) is 4.90 Å². The Labute approximate surface area is 141 Å². The van der Waals surface area contributed by atoms with E-state index in [4.69, 9.17) is 5.11 Å². The van der Waals surface area contributed by atoms with Crippen molar-refractivity contribution in [2.75, 3.05) is 11.9 Å². The molecule has 1 atom stereocenters. The number of halogens is 2. The molecule has 0 saturated heterocycles. The zero-order valence-corrected chi connectivity index (χ0v) is 15.3. The van der Waals surface area contributed by atoms with Gasteiger partial charge in [-0.1, -0.05) is 0 Å². The van der Waals surface area contributed by atoms with Crippen LogP contribution in [0.4, 0.5) is 10.5 Å². The molecule has 0 spiro atoms. The van der Waals surface area contributed by atoms with Gasteiger partial charge in [-0.25, -0.2) is 4.79 Å². The second kappa shape index (κ2) is 7.79. The first-order valence-electron chi connectivity index (χ1n) is 6.51. The summed E-state index contributed by atoms with van der Waals surface area (Å²) in [5.74, 6) is -0.925. The summed E-state index contributed by atoms with van der Waals surface area (Å²) in [6, 6.07) is 3.10. The molecule has 5 nitrogen and oxygen atoms in total. The summed E-state index contributed by atoms with van der Waals surface area (Å²) in [7, 11) is 0. The van der Waals surface area contributed by atoms with Crippen molar-refractivity contribution in [1.29, 1.82) is 0 Å². The van der Waals surface area contributed by atoms with Crippen LogP contribution >= 0.6 is 31.9 Å². The minimum atomic E-state index is -0.925. The van der Waals surface area contributed by atoms with Gasteiger partial charge in [0.25, 0.3) is 0 Å². The van der Waals surface area contributed by atoms with Crippen LogP contribution in [-0.2, 0) is 4.79 Å². The molecule has 2 amide bonds. The Bertz CT molecular complexity index is 526. The number of hydrogen-bond acceptors (Lipinski definition) is 2. The molecule has 21 heavy (non-hydrogen) atoms. The first-order valence-corrected chi connectivity index (χ1v) is 8.09. The first kappa shape index (κ1) is 18.0. The third kappa shape index (κ3) is 5.00. The summed E-state index contributed by atoms with van der Waals surface area (Å²) in [6.07, 6.45) is -0.0858. The van der Waals surface area contributed by atoms with E-state index in [0.717, 1.165) is 14.5 Å². The predicted molar refractivity (Wildman–Crippen MR) is 89.7 cm³/mol. The van der Waals surface area contributed by atoms with Crippen LogP contribution in [0.15, 0.2) is 21.1 Å². The molecular formula is C14H18Br2N2O3. The maximum Gasteiger partial charge on any atom is 0.322 e. The van der Waals surface area contributed by atoms with E-state index in [1.807, 2.05) is 26.0 Å². The maximum atomic E-state index is 12.3. The molecule has 1 rings (SSSR count). The summed E-state index contributed by atoms with van der Waals surface area (Å²) >= 11 is 6.83. The Morgan fingerprint density at radius 2 is 1.86 bits per heavy atom. The average Bonchev–Trinajstić information content (AvgIpc) is 2.33. The summed E-state index contributed by atoms with van der Waals surface area (Å²) in [4.78, 5) is 24.6. The number of nitrogens with zero attached hydrogens (tertiary/aromatic N) is 1. The lowest BCUT2D eigenvalue weighted by Crippen LogP contribution is -2.42. The Morgan fingerprint density at radius 1 is 1.33 bits per heavy atom. The van der Waals surface area contributed by atoms with E-state index in [9.17, 15) is 9.59 Å². The van der Waals surface area contributed by atoms with Crippen molar-refractivity contribution in [3.63, 3.8) is 0 Å². The number of hydrogen-bond donors (Lipinski definition) is 2. The van der Waals surface area contributed by atoms with Crippen LogP contribution < -0.4 is 5.32 Å². The molecule has 7 heteroatoms. The highest BCUT2D eigenvalue weighted by Gasteiger charge is 2.22. The second-order valence-corrected chi connectivity index (χ2v) is 6.48. The number of aryl methyl sites for hydroxylation is 1. The monoisotopic (exact) mass is 420 g/mol. The van der Waals surface area contributed by atoms with Gasteiger partial charge in [-0.3, -0.25) is 4.79 Å². The van der Waals surface area contributed by atoms with E-state index >= 15 is 0 Å². The zero-order valence-electron chi connectivity index (χ0n) is 12.1. The standard InChI is InChI=1S/C14H18Br2N2O3/c1-4-18(9(3)7-12(19)20)14(21)17-13-10(15)5-8(2)6-11(13)16/h5-6,9H,4,7H2,1-3H3,(H,17,21)(H,19,20). The van der Waals surface area contributed by atoms with Crippen molar-refractivity contribution in [2.24, 2.45) is 0 Å². The normalized spacial score (nSPS) is 11.9. The molecule has 116 valence electrons. The molecule has 0 bridgehead atoms. The van der Waals surface area contributed by atoms with Gasteiger partial charge >= 0.3 is 12.0 Å². The Morgan fingerprint density at radius 3 is 2.29 bits per heavy atom. The molecule has 0 fully saturated rings. The Kier molecular flexibility index (Phi) is 6.67. The predicted octanol–water partition coefficient (Wildman–Crippen LogP) is 4.24. The second-order valence-electron chi connectivity index (χ2n) is 4.77. The molecular weight excluding hydrogens is 404 g/mol. The minimum absolute atomic E-state index is 0.0858. The van der Waals surface area contributed by atoms with Gasteiger partial charge in [-0.15, -0.1) is 0 Å². The number of carbonyl (C=O) groups excluding carboxylic acids is 1.